The van der Waals surface area contributed by atoms with E-state index < -0.39 is 11.9 Å². The number of carbonyl (C=O) groups is 2. The smallest absolute Gasteiger partial charge is 0.336 e. The zero-order chi connectivity index (χ0) is 25.2. The standard InChI is InChI=1S/C28H31NO6S/c1-3-33-23-14-17(8-9-21(23)30)26-25(28(32)35-15-19-6-4-10-34-19)16(2)29-20-12-18(13-22(31)27(20)26)24-7-5-11-36-24/h5,7-9,11,14,18-19,26,29-30H,3-4,6,10,12-13,15H2,1-2H3/t18-,19+,26-/m1/s1. The van der Waals surface area contributed by atoms with E-state index in [1.54, 1.807) is 29.5 Å². The number of hydrogen-bond donors (Lipinski definition) is 2. The molecule has 3 atom stereocenters. The van der Waals surface area contributed by atoms with Crippen LogP contribution in [-0.2, 0) is 19.1 Å². The third-order valence-electron chi connectivity index (χ3n) is 7.03. The van der Waals surface area contributed by atoms with Gasteiger partial charge in [0.15, 0.2) is 17.3 Å². The van der Waals surface area contributed by atoms with Gasteiger partial charge in [0.25, 0.3) is 0 Å². The molecule has 1 fully saturated rings. The zero-order valence-electron chi connectivity index (χ0n) is 20.5. The van der Waals surface area contributed by atoms with Crippen LogP contribution < -0.4 is 10.1 Å². The molecular weight excluding hydrogens is 478 g/mol. The minimum atomic E-state index is -0.616. The largest absolute Gasteiger partial charge is 0.504 e. The molecule has 3 aliphatic rings. The van der Waals surface area contributed by atoms with Crippen LogP contribution in [0.2, 0.25) is 0 Å². The number of aromatic hydroxyl groups is 1. The molecule has 2 N–H and O–H groups in total. The average molecular weight is 510 g/mol. The normalized spacial score (nSPS) is 23.9. The van der Waals surface area contributed by atoms with Gasteiger partial charge in [-0.3, -0.25) is 4.79 Å². The number of phenolic OH excluding ortho intramolecular Hbond substituents is 1. The molecule has 0 saturated carbocycles. The highest BCUT2D eigenvalue weighted by atomic mass is 32.1. The van der Waals surface area contributed by atoms with Gasteiger partial charge in [-0.25, -0.2) is 4.79 Å². The van der Waals surface area contributed by atoms with E-state index in [2.05, 4.69) is 11.4 Å². The van der Waals surface area contributed by atoms with Crippen LogP contribution in [0, 0.1) is 0 Å². The molecule has 3 heterocycles. The Kier molecular flexibility index (Phi) is 7.16. The lowest BCUT2D eigenvalue weighted by atomic mass is 9.72. The summed E-state index contributed by atoms with van der Waals surface area (Å²) in [4.78, 5) is 28.3. The Balaban J connectivity index is 1.53. The summed E-state index contributed by atoms with van der Waals surface area (Å²) < 4.78 is 16.9. The van der Waals surface area contributed by atoms with Crippen LogP contribution >= 0.6 is 11.3 Å². The highest BCUT2D eigenvalue weighted by molar-refractivity contribution is 7.10. The summed E-state index contributed by atoms with van der Waals surface area (Å²) in [5.74, 6) is -0.639. The average Bonchev–Trinajstić information content (AvgIpc) is 3.58. The second-order valence-electron chi connectivity index (χ2n) is 9.43. The van der Waals surface area contributed by atoms with E-state index in [9.17, 15) is 14.7 Å². The molecule has 36 heavy (non-hydrogen) atoms. The van der Waals surface area contributed by atoms with Gasteiger partial charge in [-0.1, -0.05) is 12.1 Å². The number of rotatable bonds is 7. The van der Waals surface area contributed by atoms with Gasteiger partial charge >= 0.3 is 5.97 Å². The van der Waals surface area contributed by atoms with Crippen LogP contribution in [0.4, 0.5) is 0 Å². The molecule has 0 unspecified atom stereocenters. The van der Waals surface area contributed by atoms with Gasteiger partial charge in [0.05, 0.1) is 18.3 Å². The van der Waals surface area contributed by atoms with E-state index in [1.165, 1.54) is 4.88 Å². The lowest BCUT2D eigenvalue weighted by Gasteiger charge is -2.36. The Labute approximate surface area is 214 Å². The molecule has 0 bridgehead atoms. The molecule has 1 aromatic carbocycles. The monoisotopic (exact) mass is 509 g/mol. The van der Waals surface area contributed by atoms with Gasteiger partial charge in [0.2, 0.25) is 0 Å². The number of nitrogens with one attached hydrogen (secondary N) is 1. The maximum atomic E-state index is 13.7. The van der Waals surface area contributed by atoms with Crippen LogP contribution in [-0.4, -0.2) is 42.8 Å². The highest BCUT2D eigenvalue weighted by Crippen LogP contribution is 2.47. The van der Waals surface area contributed by atoms with E-state index in [4.69, 9.17) is 14.2 Å². The number of ketones is 1. The maximum absolute atomic E-state index is 13.7. The van der Waals surface area contributed by atoms with Crippen molar-refractivity contribution in [1.29, 1.82) is 0 Å². The molecule has 5 rings (SSSR count). The number of esters is 1. The van der Waals surface area contributed by atoms with E-state index in [-0.39, 0.29) is 30.2 Å². The summed E-state index contributed by atoms with van der Waals surface area (Å²) in [6.45, 7) is 4.93. The topological polar surface area (TPSA) is 94.1 Å². The predicted octanol–water partition coefficient (Wildman–Crippen LogP) is 4.94. The number of dihydropyridines is 1. The van der Waals surface area contributed by atoms with Gasteiger partial charge in [-0.2, -0.15) is 0 Å². The fourth-order valence-corrected chi connectivity index (χ4v) is 6.20. The summed E-state index contributed by atoms with van der Waals surface area (Å²) in [6.07, 6.45) is 2.79. The SMILES string of the molecule is CCOc1cc([C@@H]2C(C(=O)OC[C@@H]3CCCO3)=C(C)NC3=C2C(=O)C[C@H](c2cccs2)C3)ccc1O. The Morgan fingerprint density at radius 1 is 1.28 bits per heavy atom. The fraction of sp³-hybridized carbons (Fsp3) is 0.429. The number of benzene rings is 1. The Morgan fingerprint density at radius 3 is 2.86 bits per heavy atom. The molecule has 0 amide bonds. The minimum absolute atomic E-state index is 0.00936. The first kappa shape index (κ1) is 24.6. The molecule has 1 aliphatic carbocycles. The molecule has 190 valence electrons. The van der Waals surface area contributed by atoms with E-state index in [0.29, 0.717) is 54.2 Å². The third-order valence-corrected chi connectivity index (χ3v) is 8.07. The van der Waals surface area contributed by atoms with Crippen LogP contribution in [0.5, 0.6) is 11.5 Å². The summed E-state index contributed by atoms with van der Waals surface area (Å²) in [5, 5.41) is 15.7. The van der Waals surface area contributed by atoms with Crippen molar-refractivity contribution in [2.45, 2.75) is 57.5 Å². The second-order valence-corrected chi connectivity index (χ2v) is 10.4. The first-order chi connectivity index (χ1) is 17.5. The third kappa shape index (κ3) is 4.80. The number of Topliss-reactive ketones (excluding diaryl/α,β-unsaturated/α-hetero) is 1. The molecule has 2 aliphatic heterocycles. The Morgan fingerprint density at radius 2 is 2.14 bits per heavy atom. The first-order valence-electron chi connectivity index (χ1n) is 12.5. The van der Waals surface area contributed by atoms with E-state index in [0.717, 1.165) is 18.5 Å². The van der Waals surface area contributed by atoms with Crippen molar-refractivity contribution >= 4 is 23.1 Å². The van der Waals surface area contributed by atoms with Crippen LogP contribution in [0.1, 0.15) is 61.8 Å². The zero-order valence-corrected chi connectivity index (χ0v) is 21.4. The van der Waals surface area contributed by atoms with Gasteiger partial charge in [-0.05, 0) is 62.3 Å². The van der Waals surface area contributed by atoms with E-state index in [1.807, 2.05) is 25.3 Å². The van der Waals surface area contributed by atoms with Gasteiger partial charge < -0.3 is 24.6 Å². The fourth-order valence-electron chi connectivity index (χ4n) is 5.37. The Bertz CT molecular complexity index is 1210. The molecule has 1 aromatic heterocycles. The number of thiophene rings is 1. The molecule has 1 saturated heterocycles. The highest BCUT2D eigenvalue weighted by Gasteiger charge is 2.42. The second kappa shape index (κ2) is 10.5. The quantitative estimate of drug-likeness (QED) is 0.511. The molecular formula is C28H31NO6S. The van der Waals surface area contributed by atoms with Gasteiger partial charge in [0, 0.05) is 46.7 Å². The Hall–Kier alpha value is -3.10. The van der Waals surface area contributed by atoms with Crippen molar-refractivity contribution < 1.29 is 28.9 Å². The van der Waals surface area contributed by atoms with E-state index >= 15 is 0 Å². The number of allylic oxidation sites excluding steroid dienone is 3. The molecule has 0 radical (unpaired) electrons. The summed E-state index contributed by atoms with van der Waals surface area (Å²) in [6, 6.07) is 9.09. The summed E-state index contributed by atoms with van der Waals surface area (Å²) in [7, 11) is 0. The molecule has 0 spiro atoms. The molecule has 2 aromatic rings. The summed E-state index contributed by atoms with van der Waals surface area (Å²) in [5.41, 5.74) is 3.21. The van der Waals surface area contributed by atoms with Crippen molar-refractivity contribution in [2.75, 3.05) is 19.8 Å². The lowest BCUT2D eigenvalue weighted by Crippen LogP contribution is -2.36. The number of carbonyl (C=O) groups excluding carboxylic acids is 2. The van der Waals surface area contributed by atoms with Crippen LogP contribution in [0.15, 0.2) is 58.3 Å². The summed E-state index contributed by atoms with van der Waals surface area (Å²) >= 11 is 1.66. The van der Waals surface area contributed by atoms with Crippen LogP contribution in [0.25, 0.3) is 0 Å². The number of phenols is 1. The van der Waals surface area contributed by atoms with Crippen LogP contribution in [0.3, 0.4) is 0 Å². The lowest BCUT2D eigenvalue weighted by molar-refractivity contribution is -0.142. The maximum Gasteiger partial charge on any atom is 0.336 e. The van der Waals surface area contributed by atoms with Gasteiger partial charge in [-0.15, -0.1) is 11.3 Å². The van der Waals surface area contributed by atoms with Crippen molar-refractivity contribution in [3.63, 3.8) is 0 Å². The minimum Gasteiger partial charge on any atom is -0.504 e. The predicted molar refractivity (Wildman–Crippen MR) is 136 cm³/mol. The van der Waals surface area contributed by atoms with Gasteiger partial charge in [0.1, 0.15) is 6.61 Å². The number of ether oxygens (including phenoxy) is 3. The first-order valence-corrected chi connectivity index (χ1v) is 13.4. The van der Waals surface area contributed by atoms with Crippen molar-refractivity contribution in [1.82, 2.24) is 5.32 Å². The van der Waals surface area contributed by atoms with Crippen molar-refractivity contribution in [3.05, 3.63) is 68.7 Å². The van der Waals surface area contributed by atoms with Crippen molar-refractivity contribution in [2.24, 2.45) is 0 Å². The van der Waals surface area contributed by atoms with Crippen molar-refractivity contribution in [3.8, 4) is 11.5 Å². The molecule has 8 heteroatoms. The molecule has 7 nitrogen and oxygen atoms in total. The number of hydrogen-bond acceptors (Lipinski definition) is 8.